The van der Waals surface area contributed by atoms with Crippen molar-refractivity contribution in [3.63, 3.8) is 0 Å². The third-order valence-electron chi connectivity index (χ3n) is 5.97. The molecule has 0 aliphatic carbocycles. The van der Waals surface area contributed by atoms with E-state index in [-0.39, 0.29) is 17.3 Å². The highest BCUT2D eigenvalue weighted by Crippen LogP contribution is 2.27. The van der Waals surface area contributed by atoms with Gasteiger partial charge in [-0.15, -0.1) is 0 Å². The number of likely N-dealkylation sites (tertiary alicyclic amines) is 1. The molecule has 0 radical (unpaired) electrons. The predicted molar refractivity (Wildman–Crippen MR) is 109 cm³/mol. The third-order valence-corrected chi connectivity index (χ3v) is 5.97. The number of aryl methyl sites for hydroxylation is 2. The van der Waals surface area contributed by atoms with E-state index in [2.05, 4.69) is 15.0 Å². The number of hydrogen-bond donors (Lipinski definition) is 0. The summed E-state index contributed by atoms with van der Waals surface area (Å²) in [5.74, 6) is 0.462. The predicted octanol–water partition coefficient (Wildman–Crippen LogP) is 3.11. The van der Waals surface area contributed by atoms with Crippen LogP contribution >= 0.6 is 0 Å². The van der Waals surface area contributed by atoms with Crippen LogP contribution in [0.2, 0.25) is 0 Å². The smallest absolute Gasteiger partial charge is 0.280 e. The summed E-state index contributed by atoms with van der Waals surface area (Å²) in [6, 6.07) is 0.00101. The van der Waals surface area contributed by atoms with Gasteiger partial charge in [-0.1, -0.05) is 0 Å². The Kier molecular flexibility index (Phi) is 6.70. The number of rotatable bonds is 6. The van der Waals surface area contributed by atoms with E-state index in [0.29, 0.717) is 6.54 Å². The molecule has 1 aliphatic rings. The van der Waals surface area contributed by atoms with E-state index >= 15 is 0 Å². The summed E-state index contributed by atoms with van der Waals surface area (Å²) in [6.07, 6.45) is 1.86. The number of aromatic nitrogens is 3. The minimum atomic E-state index is -2.74. The van der Waals surface area contributed by atoms with Gasteiger partial charge in [0.2, 0.25) is 0 Å². The molecule has 2 aromatic rings. The first kappa shape index (κ1) is 22.1. The number of carbonyl (C=O) groups excluding carboxylic acids is 1. The quantitative estimate of drug-likeness (QED) is 0.717. The Morgan fingerprint density at radius 3 is 2.57 bits per heavy atom. The summed E-state index contributed by atoms with van der Waals surface area (Å²) < 4.78 is 33.2. The van der Waals surface area contributed by atoms with Gasteiger partial charge < -0.3 is 9.64 Å². The lowest BCUT2D eigenvalue weighted by Crippen LogP contribution is -2.45. The van der Waals surface area contributed by atoms with Crippen LogP contribution in [0.3, 0.4) is 0 Å². The number of nitrogens with zero attached hydrogens (tertiary/aromatic N) is 5. The highest BCUT2D eigenvalue weighted by Gasteiger charge is 2.30. The van der Waals surface area contributed by atoms with Gasteiger partial charge in [0.25, 0.3) is 12.3 Å². The van der Waals surface area contributed by atoms with Crippen LogP contribution in [-0.2, 0) is 13.6 Å². The van der Waals surface area contributed by atoms with Crippen LogP contribution in [0.4, 0.5) is 8.78 Å². The Morgan fingerprint density at radius 1 is 1.30 bits per heavy atom. The molecule has 0 atom stereocenters. The maximum absolute atomic E-state index is 13.3. The van der Waals surface area contributed by atoms with Crippen LogP contribution in [0.5, 0.6) is 5.75 Å². The van der Waals surface area contributed by atoms with Crippen molar-refractivity contribution in [3.05, 3.63) is 40.5 Å². The Morgan fingerprint density at radius 2 is 1.97 bits per heavy atom. The van der Waals surface area contributed by atoms with Crippen LogP contribution < -0.4 is 4.74 Å². The fourth-order valence-electron chi connectivity index (χ4n) is 4.13. The van der Waals surface area contributed by atoms with Gasteiger partial charge in [0, 0.05) is 57.1 Å². The second-order valence-electron chi connectivity index (χ2n) is 7.84. The first-order valence-electron chi connectivity index (χ1n) is 10.0. The van der Waals surface area contributed by atoms with E-state index in [1.54, 1.807) is 19.1 Å². The first-order chi connectivity index (χ1) is 14.2. The molecule has 1 aliphatic heterocycles. The summed E-state index contributed by atoms with van der Waals surface area (Å²) >= 11 is 0. The number of ether oxygens (including phenoxy) is 1. The number of methoxy groups -OCH3 is 1. The SMILES string of the molecule is COc1c(C)cnc(CN2CCC(N(C)C(=O)c3cnn(C)c3C(F)F)CC2)c1C. The molecule has 1 fully saturated rings. The lowest BCUT2D eigenvalue weighted by Gasteiger charge is -2.36. The summed E-state index contributed by atoms with van der Waals surface area (Å²) in [4.78, 5) is 21.2. The zero-order valence-corrected chi connectivity index (χ0v) is 18.2. The molecule has 0 spiro atoms. The topological polar surface area (TPSA) is 63.5 Å². The second kappa shape index (κ2) is 9.07. The molecule has 1 amide bonds. The fraction of sp³-hybridized carbons (Fsp3) is 0.571. The van der Waals surface area contributed by atoms with E-state index in [0.717, 1.165) is 53.2 Å². The second-order valence-corrected chi connectivity index (χ2v) is 7.84. The zero-order valence-electron chi connectivity index (χ0n) is 18.2. The largest absolute Gasteiger partial charge is 0.496 e. The van der Waals surface area contributed by atoms with E-state index in [1.807, 2.05) is 20.0 Å². The highest BCUT2D eigenvalue weighted by atomic mass is 19.3. The molecule has 7 nitrogen and oxygen atoms in total. The molecule has 0 unspecified atom stereocenters. The summed E-state index contributed by atoms with van der Waals surface area (Å²) in [5.41, 5.74) is 2.68. The minimum Gasteiger partial charge on any atom is -0.496 e. The van der Waals surface area contributed by atoms with Crippen molar-refractivity contribution in [3.8, 4) is 5.75 Å². The average molecular weight is 421 g/mol. The zero-order chi connectivity index (χ0) is 22.0. The lowest BCUT2D eigenvalue weighted by molar-refractivity contribution is 0.0623. The number of alkyl halides is 2. The van der Waals surface area contributed by atoms with Gasteiger partial charge in [0.1, 0.15) is 11.4 Å². The van der Waals surface area contributed by atoms with Crippen molar-refractivity contribution in [2.24, 2.45) is 7.05 Å². The number of halogens is 2. The van der Waals surface area contributed by atoms with Crippen LogP contribution in [-0.4, -0.2) is 63.8 Å². The molecular weight excluding hydrogens is 392 g/mol. The molecule has 164 valence electrons. The molecule has 30 heavy (non-hydrogen) atoms. The monoisotopic (exact) mass is 421 g/mol. The molecule has 0 N–H and O–H groups in total. The van der Waals surface area contributed by atoms with Gasteiger partial charge >= 0.3 is 0 Å². The Bertz CT molecular complexity index is 907. The van der Waals surface area contributed by atoms with Crippen molar-refractivity contribution < 1.29 is 18.3 Å². The third kappa shape index (κ3) is 4.30. The van der Waals surface area contributed by atoms with E-state index in [9.17, 15) is 13.6 Å². The van der Waals surface area contributed by atoms with Crippen LogP contribution in [0.15, 0.2) is 12.4 Å². The van der Waals surface area contributed by atoms with Crippen molar-refractivity contribution >= 4 is 5.91 Å². The van der Waals surface area contributed by atoms with Crippen molar-refractivity contribution in [2.45, 2.75) is 45.7 Å². The van der Waals surface area contributed by atoms with Gasteiger partial charge in [0.15, 0.2) is 0 Å². The van der Waals surface area contributed by atoms with E-state index in [1.165, 1.54) is 13.2 Å². The summed E-state index contributed by atoms with van der Waals surface area (Å²) in [7, 11) is 4.77. The number of pyridine rings is 1. The highest BCUT2D eigenvalue weighted by molar-refractivity contribution is 5.95. The molecule has 3 heterocycles. The van der Waals surface area contributed by atoms with Gasteiger partial charge in [-0.2, -0.15) is 5.10 Å². The molecule has 0 bridgehead atoms. The number of hydrogen-bond acceptors (Lipinski definition) is 5. The number of piperidine rings is 1. The number of carbonyl (C=O) groups is 1. The number of amides is 1. The van der Waals surface area contributed by atoms with Crippen molar-refractivity contribution in [2.75, 3.05) is 27.2 Å². The van der Waals surface area contributed by atoms with Gasteiger partial charge in [0.05, 0.1) is 24.6 Å². The molecule has 0 saturated carbocycles. The van der Waals surface area contributed by atoms with Gasteiger partial charge in [-0.3, -0.25) is 19.4 Å². The standard InChI is InChI=1S/C21H29F2N5O2/c1-13-10-24-17(14(2)19(13)30-5)12-28-8-6-15(7-9-28)26(3)21(29)16-11-25-27(4)18(16)20(22)23/h10-11,15,20H,6-9,12H2,1-5H3. The van der Waals surface area contributed by atoms with Crippen LogP contribution in [0.25, 0.3) is 0 Å². The van der Waals surface area contributed by atoms with Crippen LogP contribution in [0.1, 0.15) is 52.1 Å². The van der Waals surface area contributed by atoms with Crippen LogP contribution in [0, 0.1) is 13.8 Å². The van der Waals surface area contributed by atoms with E-state index in [4.69, 9.17) is 4.74 Å². The average Bonchev–Trinajstić information content (AvgIpc) is 3.11. The fourth-order valence-corrected chi connectivity index (χ4v) is 4.13. The first-order valence-corrected chi connectivity index (χ1v) is 10.0. The van der Waals surface area contributed by atoms with E-state index < -0.39 is 12.3 Å². The molecule has 3 rings (SSSR count). The molecular formula is C21H29F2N5O2. The molecule has 2 aromatic heterocycles. The molecule has 1 saturated heterocycles. The molecule has 9 heteroatoms. The maximum atomic E-state index is 13.3. The van der Waals surface area contributed by atoms with Crippen molar-refractivity contribution in [1.82, 2.24) is 24.6 Å². The lowest BCUT2D eigenvalue weighted by atomic mass is 10.0. The molecule has 0 aromatic carbocycles. The minimum absolute atomic E-state index is 0.00101. The van der Waals surface area contributed by atoms with Crippen molar-refractivity contribution in [1.29, 1.82) is 0 Å². The maximum Gasteiger partial charge on any atom is 0.280 e. The normalized spacial score (nSPS) is 15.6. The Hall–Kier alpha value is -2.55. The van der Waals surface area contributed by atoms with Gasteiger partial charge in [-0.05, 0) is 26.7 Å². The Labute approximate surface area is 175 Å². The summed E-state index contributed by atoms with van der Waals surface area (Å²) in [5, 5.41) is 3.84. The summed E-state index contributed by atoms with van der Waals surface area (Å²) in [6.45, 7) is 6.30. The Balaban J connectivity index is 1.62. The van der Waals surface area contributed by atoms with Gasteiger partial charge in [-0.25, -0.2) is 8.78 Å².